The molecule has 1 radical (unpaired) electrons. The average Bonchev–Trinajstić information content (AvgIpc) is 2.39. The summed E-state index contributed by atoms with van der Waals surface area (Å²) in [6.45, 7) is 0. The smallest absolute Gasteiger partial charge is 0.314 e. The first-order valence-electron chi connectivity index (χ1n) is 7.57. The first-order valence-corrected chi connectivity index (χ1v) is 7.57. The SMILES string of the molecule is O=[C]Nc1ccccc1C1C2CC3CC(C2)CC1C3. The number of hydrogen-bond acceptors (Lipinski definition) is 1. The Bertz CT molecular complexity index is 468. The summed E-state index contributed by atoms with van der Waals surface area (Å²) >= 11 is 0. The van der Waals surface area contributed by atoms with E-state index in [0.29, 0.717) is 5.92 Å². The van der Waals surface area contributed by atoms with E-state index in [-0.39, 0.29) is 0 Å². The maximum atomic E-state index is 10.7. The Morgan fingerprint density at radius 2 is 1.58 bits per heavy atom. The fourth-order valence-electron chi connectivity index (χ4n) is 5.39. The zero-order valence-corrected chi connectivity index (χ0v) is 11.1. The topological polar surface area (TPSA) is 29.1 Å². The largest absolute Gasteiger partial charge is 0.318 e. The fourth-order valence-corrected chi connectivity index (χ4v) is 5.39. The van der Waals surface area contributed by atoms with Crippen molar-refractivity contribution in [1.82, 2.24) is 0 Å². The Hall–Kier alpha value is -1.31. The molecule has 0 heterocycles. The molecule has 0 atom stereocenters. The van der Waals surface area contributed by atoms with E-state index < -0.39 is 0 Å². The Morgan fingerprint density at radius 1 is 0.947 bits per heavy atom. The monoisotopic (exact) mass is 254 g/mol. The van der Waals surface area contributed by atoms with Gasteiger partial charge in [0.2, 0.25) is 0 Å². The zero-order chi connectivity index (χ0) is 12.8. The number of rotatable bonds is 3. The molecule has 4 aliphatic rings. The number of nitrogens with one attached hydrogen (secondary N) is 1. The molecule has 4 saturated carbocycles. The van der Waals surface area contributed by atoms with Gasteiger partial charge in [-0.1, -0.05) is 18.2 Å². The number of hydrogen-bond donors (Lipinski definition) is 1. The van der Waals surface area contributed by atoms with Gasteiger partial charge < -0.3 is 5.32 Å². The third-order valence-corrected chi connectivity index (χ3v) is 5.73. The average molecular weight is 254 g/mol. The Balaban J connectivity index is 1.70. The van der Waals surface area contributed by atoms with Crippen molar-refractivity contribution in [1.29, 1.82) is 0 Å². The second-order valence-corrected chi connectivity index (χ2v) is 6.77. The lowest BCUT2D eigenvalue weighted by Crippen LogP contribution is -2.43. The minimum Gasteiger partial charge on any atom is -0.318 e. The molecule has 4 aliphatic carbocycles. The van der Waals surface area contributed by atoms with E-state index in [0.717, 1.165) is 29.4 Å². The predicted octanol–water partition coefficient (Wildman–Crippen LogP) is 3.71. The van der Waals surface area contributed by atoms with Crippen molar-refractivity contribution in [2.45, 2.75) is 38.0 Å². The second-order valence-electron chi connectivity index (χ2n) is 6.77. The predicted molar refractivity (Wildman–Crippen MR) is 75.5 cm³/mol. The van der Waals surface area contributed by atoms with Gasteiger partial charge in [0.15, 0.2) is 0 Å². The Kier molecular flexibility index (Phi) is 2.64. The Labute approximate surface area is 114 Å². The van der Waals surface area contributed by atoms with E-state index in [9.17, 15) is 4.79 Å². The molecule has 0 aromatic heterocycles. The normalized spacial score (nSPS) is 39.3. The maximum absolute atomic E-state index is 10.7. The summed E-state index contributed by atoms with van der Waals surface area (Å²) in [5, 5.41) is 2.78. The van der Waals surface area contributed by atoms with Crippen LogP contribution in [0, 0.1) is 23.7 Å². The number of para-hydroxylation sites is 1. The maximum Gasteiger partial charge on any atom is 0.314 e. The van der Waals surface area contributed by atoms with Crippen molar-refractivity contribution in [3.8, 4) is 0 Å². The van der Waals surface area contributed by atoms with Gasteiger partial charge in [-0.15, -0.1) is 0 Å². The third-order valence-electron chi connectivity index (χ3n) is 5.73. The lowest BCUT2D eigenvalue weighted by atomic mass is 9.50. The Morgan fingerprint density at radius 3 is 2.21 bits per heavy atom. The summed E-state index contributed by atoms with van der Waals surface area (Å²) in [6, 6.07) is 8.34. The van der Waals surface area contributed by atoms with E-state index >= 15 is 0 Å². The molecule has 4 bridgehead atoms. The molecular formula is C17H20NO. The minimum absolute atomic E-state index is 0.671. The number of anilines is 1. The molecule has 2 nitrogen and oxygen atoms in total. The molecule has 0 aliphatic heterocycles. The van der Waals surface area contributed by atoms with Gasteiger partial charge in [-0.3, -0.25) is 4.79 Å². The minimum atomic E-state index is 0.671. The van der Waals surface area contributed by atoms with Crippen molar-refractivity contribution in [3.05, 3.63) is 29.8 Å². The van der Waals surface area contributed by atoms with Crippen LogP contribution in [0.5, 0.6) is 0 Å². The lowest BCUT2D eigenvalue weighted by molar-refractivity contribution is -0.00255. The molecule has 2 heteroatoms. The highest BCUT2D eigenvalue weighted by Gasteiger charge is 2.48. The van der Waals surface area contributed by atoms with Gasteiger partial charge in [0.1, 0.15) is 0 Å². The van der Waals surface area contributed by atoms with Crippen LogP contribution in [-0.4, -0.2) is 6.41 Å². The molecule has 0 saturated heterocycles. The highest BCUT2D eigenvalue weighted by Crippen LogP contribution is 2.60. The van der Waals surface area contributed by atoms with Gasteiger partial charge >= 0.3 is 6.41 Å². The van der Waals surface area contributed by atoms with E-state index in [4.69, 9.17) is 0 Å². The van der Waals surface area contributed by atoms with Gasteiger partial charge in [0, 0.05) is 5.69 Å². The summed E-state index contributed by atoms with van der Waals surface area (Å²) in [4.78, 5) is 10.7. The van der Waals surface area contributed by atoms with Crippen LogP contribution < -0.4 is 5.32 Å². The van der Waals surface area contributed by atoms with Gasteiger partial charge in [-0.05, 0) is 73.3 Å². The van der Waals surface area contributed by atoms with E-state index in [1.807, 2.05) is 18.5 Å². The van der Waals surface area contributed by atoms with E-state index in [2.05, 4.69) is 17.4 Å². The van der Waals surface area contributed by atoms with Crippen LogP contribution in [-0.2, 0) is 4.79 Å². The summed E-state index contributed by atoms with van der Waals surface area (Å²) in [7, 11) is 0. The first kappa shape index (κ1) is 11.5. The van der Waals surface area contributed by atoms with Gasteiger partial charge in [-0.25, -0.2) is 0 Å². The highest BCUT2D eigenvalue weighted by molar-refractivity contribution is 5.74. The van der Waals surface area contributed by atoms with Gasteiger partial charge in [0.25, 0.3) is 0 Å². The molecule has 4 fully saturated rings. The van der Waals surface area contributed by atoms with E-state index in [1.165, 1.54) is 37.7 Å². The fraction of sp³-hybridized carbons (Fsp3) is 0.588. The molecule has 1 N–H and O–H groups in total. The molecule has 99 valence electrons. The molecule has 1 amide bonds. The summed E-state index contributed by atoms with van der Waals surface area (Å²) in [6.07, 6.45) is 8.99. The first-order chi connectivity index (χ1) is 9.35. The number of carbonyl (C=O) groups excluding carboxylic acids is 1. The lowest BCUT2D eigenvalue weighted by Gasteiger charge is -2.54. The zero-order valence-electron chi connectivity index (χ0n) is 11.1. The quantitative estimate of drug-likeness (QED) is 0.819. The van der Waals surface area contributed by atoms with Gasteiger partial charge in [-0.2, -0.15) is 0 Å². The van der Waals surface area contributed by atoms with Crippen LogP contribution in [0.1, 0.15) is 43.6 Å². The standard InChI is InChI=1S/C17H20NO/c19-10-18-16-4-2-1-3-15(16)17-13-6-11-5-12(8-13)9-14(17)7-11/h1-4,11-14,17H,5-9H2,(H,18,19). The molecular weight excluding hydrogens is 234 g/mol. The third kappa shape index (κ3) is 1.80. The summed E-state index contributed by atoms with van der Waals surface area (Å²) < 4.78 is 0. The number of benzene rings is 1. The van der Waals surface area contributed by atoms with Crippen LogP contribution in [0.3, 0.4) is 0 Å². The van der Waals surface area contributed by atoms with E-state index in [1.54, 1.807) is 0 Å². The molecule has 0 spiro atoms. The van der Waals surface area contributed by atoms with Crippen LogP contribution in [0.25, 0.3) is 0 Å². The number of amides is 1. The van der Waals surface area contributed by atoms with Crippen molar-refractivity contribution in [2.24, 2.45) is 23.7 Å². The van der Waals surface area contributed by atoms with Crippen LogP contribution >= 0.6 is 0 Å². The summed E-state index contributed by atoms with van der Waals surface area (Å²) in [5.74, 6) is 4.37. The molecule has 0 unspecified atom stereocenters. The van der Waals surface area contributed by atoms with Crippen LogP contribution in [0.15, 0.2) is 24.3 Å². The van der Waals surface area contributed by atoms with Gasteiger partial charge in [0.05, 0.1) is 0 Å². The summed E-state index contributed by atoms with van der Waals surface area (Å²) in [5.41, 5.74) is 2.34. The van der Waals surface area contributed by atoms with Crippen molar-refractivity contribution in [2.75, 3.05) is 5.32 Å². The van der Waals surface area contributed by atoms with Crippen molar-refractivity contribution in [3.63, 3.8) is 0 Å². The molecule has 1 aromatic rings. The van der Waals surface area contributed by atoms with Crippen molar-refractivity contribution >= 4 is 12.1 Å². The highest BCUT2D eigenvalue weighted by atomic mass is 16.1. The van der Waals surface area contributed by atoms with Crippen molar-refractivity contribution < 1.29 is 4.79 Å². The molecule has 19 heavy (non-hydrogen) atoms. The van der Waals surface area contributed by atoms with Crippen LogP contribution in [0.2, 0.25) is 0 Å². The second kappa shape index (κ2) is 4.36. The van der Waals surface area contributed by atoms with Crippen LogP contribution in [0.4, 0.5) is 5.69 Å². The molecule has 1 aromatic carbocycles. The molecule has 5 rings (SSSR count).